The van der Waals surface area contributed by atoms with Crippen LogP contribution < -0.4 is 4.74 Å². The average molecular weight is 181 g/mol. The molecule has 13 heavy (non-hydrogen) atoms. The first-order valence-electron chi connectivity index (χ1n) is 4.39. The predicted molar refractivity (Wildman–Crippen MR) is 50.8 cm³/mol. The molecule has 0 unspecified atom stereocenters. The fourth-order valence-electron chi connectivity index (χ4n) is 1.26. The molecule has 0 saturated carbocycles. The van der Waals surface area contributed by atoms with E-state index in [0.717, 1.165) is 22.6 Å². The summed E-state index contributed by atoms with van der Waals surface area (Å²) in [5.74, 6) is 0.800. The van der Waals surface area contributed by atoms with E-state index in [1.807, 2.05) is 20.8 Å². The normalized spacial score (nSPS) is 10.2. The molecule has 1 N–H and O–H groups in total. The lowest BCUT2D eigenvalue weighted by Crippen LogP contribution is -2.01. The lowest BCUT2D eigenvalue weighted by atomic mass is 10.1. The van der Waals surface area contributed by atoms with Gasteiger partial charge in [-0.2, -0.15) is 0 Å². The number of hydrogen-bond donors (Lipinski definition) is 1. The van der Waals surface area contributed by atoms with Crippen molar-refractivity contribution >= 4 is 0 Å². The molecule has 0 aliphatic carbocycles. The van der Waals surface area contributed by atoms with E-state index in [2.05, 4.69) is 4.98 Å². The van der Waals surface area contributed by atoms with Crippen LogP contribution in [0.15, 0.2) is 6.20 Å². The molecule has 0 aromatic carbocycles. The number of aliphatic hydroxyl groups excluding tert-OH is 1. The second kappa shape index (κ2) is 4.23. The van der Waals surface area contributed by atoms with E-state index in [1.165, 1.54) is 0 Å². The quantitative estimate of drug-likeness (QED) is 0.770. The van der Waals surface area contributed by atoms with Crippen LogP contribution in [0.2, 0.25) is 0 Å². The van der Waals surface area contributed by atoms with E-state index < -0.39 is 0 Å². The van der Waals surface area contributed by atoms with E-state index in [1.54, 1.807) is 6.20 Å². The van der Waals surface area contributed by atoms with Crippen molar-refractivity contribution in [2.45, 2.75) is 27.4 Å². The maximum Gasteiger partial charge on any atom is 0.143 e. The lowest BCUT2D eigenvalue weighted by Gasteiger charge is -2.11. The summed E-state index contributed by atoms with van der Waals surface area (Å²) in [5.41, 5.74) is 2.68. The van der Waals surface area contributed by atoms with Gasteiger partial charge < -0.3 is 9.84 Å². The molecule has 0 radical (unpaired) electrons. The summed E-state index contributed by atoms with van der Waals surface area (Å²) in [7, 11) is 0. The van der Waals surface area contributed by atoms with Crippen LogP contribution in [0.4, 0.5) is 0 Å². The Morgan fingerprint density at radius 3 is 2.69 bits per heavy atom. The van der Waals surface area contributed by atoms with E-state index in [9.17, 15) is 0 Å². The van der Waals surface area contributed by atoms with Gasteiger partial charge in [0.05, 0.1) is 18.9 Å². The van der Waals surface area contributed by atoms with E-state index in [-0.39, 0.29) is 6.61 Å². The summed E-state index contributed by atoms with van der Waals surface area (Å²) in [6.45, 7) is 6.41. The number of rotatable bonds is 3. The fourth-order valence-corrected chi connectivity index (χ4v) is 1.26. The Hall–Kier alpha value is -1.09. The zero-order valence-electron chi connectivity index (χ0n) is 8.29. The van der Waals surface area contributed by atoms with Crippen LogP contribution in [-0.2, 0) is 6.61 Å². The Morgan fingerprint density at radius 1 is 1.46 bits per heavy atom. The van der Waals surface area contributed by atoms with Crippen molar-refractivity contribution < 1.29 is 9.84 Å². The SMILES string of the molecule is CCOc1c(C)ncc(CO)c1C. The van der Waals surface area contributed by atoms with Gasteiger partial charge in [-0.25, -0.2) is 0 Å². The molecule has 1 aromatic rings. The van der Waals surface area contributed by atoms with Gasteiger partial charge in [0.2, 0.25) is 0 Å². The Labute approximate surface area is 78.4 Å². The molecule has 0 amide bonds. The molecule has 0 saturated heterocycles. The number of aromatic nitrogens is 1. The maximum atomic E-state index is 9.01. The van der Waals surface area contributed by atoms with Crippen molar-refractivity contribution in [3.63, 3.8) is 0 Å². The molecule has 0 atom stereocenters. The van der Waals surface area contributed by atoms with Crippen LogP contribution in [-0.4, -0.2) is 16.7 Å². The van der Waals surface area contributed by atoms with Crippen molar-refractivity contribution in [2.75, 3.05) is 6.61 Å². The minimum atomic E-state index is 0.0131. The number of pyridine rings is 1. The highest BCUT2D eigenvalue weighted by molar-refractivity contribution is 5.40. The first-order chi connectivity index (χ1) is 6.20. The molecular formula is C10H15NO2. The zero-order valence-corrected chi connectivity index (χ0v) is 8.29. The highest BCUT2D eigenvalue weighted by Crippen LogP contribution is 2.23. The Kier molecular flexibility index (Phi) is 3.25. The lowest BCUT2D eigenvalue weighted by molar-refractivity contribution is 0.277. The summed E-state index contributed by atoms with van der Waals surface area (Å²) in [6.07, 6.45) is 1.69. The fraction of sp³-hybridized carbons (Fsp3) is 0.500. The van der Waals surface area contributed by atoms with E-state index in [0.29, 0.717) is 6.61 Å². The van der Waals surface area contributed by atoms with Gasteiger partial charge in [0.25, 0.3) is 0 Å². The Balaban J connectivity index is 3.13. The van der Waals surface area contributed by atoms with Gasteiger partial charge in [0, 0.05) is 11.8 Å². The van der Waals surface area contributed by atoms with Crippen LogP contribution in [0.25, 0.3) is 0 Å². The molecule has 72 valence electrons. The molecule has 1 rings (SSSR count). The number of ether oxygens (including phenoxy) is 1. The van der Waals surface area contributed by atoms with Crippen molar-refractivity contribution in [1.29, 1.82) is 0 Å². The minimum absolute atomic E-state index is 0.0131. The minimum Gasteiger partial charge on any atom is -0.492 e. The van der Waals surface area contributed by atoms with Crippen molar-refractivity contribution in [1.82, 2.24) is 4.98 Å². The number of hydrogen-bond acceptors (Lipinski definition) is 3. The van der Waals surface area contributed by atoms with Crippen molar-refractivity contribution in [3.8, 4) is 5.75 Å². The zero-order chi connectivity index (χ0) is 9.84. The average Bonchev–Trinajstić information content (AvgIpc) is 2.12. The molecule has 0 spiro atoms. The predicted octanol–water partition coefficient (Wildman–Crippen LogP) is 1.59. The van der Waals surface area contributed by atoms with Crippen LogP contribution >= 0.6 is 0 Å². The summed E-state index contributed by atoms with van der Waals surface area (Å²) < 4.78 is 5.44. The molecule has 3 heteroatoms. The summed E-state index contributed by atoms with van der Waals surface area (Å²) in [4.78, 5) is 4.14. The third-order valence-electron chi connectivity index (χ3n) is 2.02. The van der Waals surface area contributed by atoms with Crippen LogP contribution in [0.3, 0.4) is 0 Å². The second-order valence-corrected chi connectivity index (χ2v) is 2.91. The first kappa shape index (κ1) is 9.99. The molecule has 1 heterocycles. The van der Waals surface area contributed by atoms with Gasteiger partial charge in [0.1, 0.15) is 5.75 Å². The van der Waals surface area contributed by atoms with Crippen LogP contribution in [0.5, 0.6) is 5.75 Å². The van der Waals surface area contributed by atoms with Crippen molar-refractivity contribution in [3.05, 3.63) is 23.0 Å². The van der Waals surface area contributed by atoms with Gasteiger partial charge in [0.15, 0.2) is 0 Å². The van der Waals surface area contributed by atoms with Gasteiger partial charge in [-0.15, -0.1) is 0 Å². The highest BCUT2D eigenvalue weighted by atomic mass is 16.5. The molecule has 0 bridgehead atoms. The standard InChI is InChI=1S/C10H15NO2/c1-4-13-10-7(2)9(6-12)5-11-8(10)3/h5,12H,4,6H2,1-3H3. The van der Waals surface area contributed by atoms with Gasteiger partial charge in [-0.1, -0.05) is 0 Å². The highest BCUT2D eigenvalue weighted by Gasteiger charge is 2.08. The topological polar surface area (TPSA) is 42.4 Å². The van der Waals surface area contributed by atoms with Crippen LogP contribution in [0.1, 0.15) is 23.7 Å². The summed E-state index contributed by atoms with van der Waals surface area (Å²) in [5, 5.41) is 9.01. The van der Waals surface area contributed by atoms with Crippen molar-refractivity contribution in [2.24, 2.45) is 0 Å². The number of nitrogens with zero attached hydrogens (tertiary/aromatic N) is 1. The second-order valence-electron chi connectivity index (χ2n) is 2.91. The molecule has 0 aliphatic heterocycles. The molecule has 0 fully saturated rings. The largest absolute Gasteiger partial charge is 0.492 e. The Morgan fingerprint density at radius 2 is 2.15 bits per heavy atom. The molecule has 0 aliphatic rings. The number of aliphatic hydroxyl groups is 1. The molecule has 1 aromatic heterocycles. The maximum absolute atomic E-state index is 9.01. The third kappa shape index (κ3) is 1.98. The van der Waals surface area contributed by atoms with Gasteiger partial charge in [-0.05, 0) is 26.3 Å². The monoisotopic (exact) mass is 181 g/mol. The smallest absolute Gasteiger partial charge is 0.143 e. The first-order valence-corrected chi connectivity index (χ1v) is 4.39. The Bertz CT molecular complexity index is 297. The van der Waals surface area contributed by atoms with Crippen LogP contribution in [0, 0.1) is 13.8 Å². The van der Waals surface area contributed by atoms with Gasteiger partial charge >= 0.3 is 0 Å². The molecular weight excluding hydrogens is 166 g/mol. The number of aryl methyl sites for hydroxylation is 1. The van der Waals surface area contributed by atoms with Gasteiger partial charge in [-0.3, -0.25) is 4.98 Å². The summed E-state index contributed by atoms with van der Waals surface area (Å²) >= 11 is 0. The molecule has 3 nitrogen and oxygen atoms in total. The van der Waals surface area contributed by atoms with E-state index in [4.69, 9.17) is 9.84 Å². The van der Waals surface area contributed by atoms with E-state index >= 15 is 0 Å². The summed E-state index contributed by atoms with van der Waals surface area (Å²) in [6, 6.07) is 0. The third-order valence-corrected chi connectivity index (χ3v) is 2.02.